The van der Waals surface area contributed by atoms with Crippen molar-refractivity contribution in [2.45, 2.75) is 13.2 Å². The summed E-state index contributed by atoms with van der Waals surface area (Å²) in [6.45, 7) is 0.964. The molecule has 0 aliphatic heterocycles. The summed E-state index contributed by atoms with van der Waals surface area (Å²) >= 11 is 11.9. The summed E-state index contributed by atoms with van der Waals surface area (Å²) < 4.78 is 11.0. The van der Waals surface area contributed by atoms with Crippen molar-refractivity contribution < 1.29 is 9.15 Å². The Morgan fingerprint density at radius 2 is 1.83 bits per heavy atom. The second-order valence-corrected chi connectivity index (χ2v) is 5.97. The van der Waals surface area contributed by atoms with E-state index in [1.165, 1.54) is 0 Å². The predicted molar refractivity (Wildman–Crippen MR) is 97.2 cm³/mol. The van der Waals surface area contributed by atoms with E-state index < -0.39 is 0 Å². The molecule has 122 valence electrons. The molecule has 0 N–H and O–H groups in total. The van der Waals surface area contributed by atoms with Gasteiger partial charge in [-0.25, -0.2) is 0 Å². The number of halogens is 2. The first-order chi connectivity index (χ1) is 11.7. The van der Waals surface area contributed by atoms with Crippen molar-refractivity contribution in [3.8, 4) is 5.75 Å². The van der Waals surface area contributed by atoms with E-state index >= 15 is 0 Å². The minimum atomic E-state index is 0.433. The van der Waals surface area contributed by atoms with Crippen molar-refractivity contribution >= 4 is 29.4 Å². The van der Waals surface area contributed by atoms with Gasteiger partial charge in [0.15, 0.2) is 0 Å². The van der Waals surface area contributed by atoms with E-state index in [1.807, 2.05) is 48.7 Å². The van der Waals surface area contributed by atoms with Gasteiger partial charge in [0.1, 0.15) is 18.1 Å². The van der Waals surface area contributed by atoms with Crippen LogP contribution in [0, 0.1) is 0 Å². The van der Waals surface area contributed by atoms with Gasteiger partial charge in [-0.15, -0.1) is 0 Å². The van der Waals surface area contributed by atoms with Gasteiger partial charge in [-0.1, -0.05) is 29.3 Å². The van der Waals surface area contributed by atoms with Crippen LogP contribution in [0.15, 0.2) is 70.3 Å². The SMILES string of the molecule is Clc1ccc(COc2ccc(C=NCc3ccco3)cc2)cc1Cl. The fourth-order valence-corrected chi connectivity index (χ4v) is 2.41. The molecule has 0 fully saturated rings. The van der Waals surface area contributed by atoms with Crippen molar-refractivity contribution in [3.63, 3.8) is 0 Å². The lowest BCUT2D eigenvalue weighted by molar-refractivity contribution is 0.306. The van der Waals surface area contributed by atoms with Crippen LogP contribution < -0.4 is 4.74 Å². The van der Waals surface area contributed by atoms with Gasteiger partial charge in [0.05, 0.1) is 22.9 Å². The topological polar surface area (TPSA) is 34.7 Å². The predicted octanol–water partition coefficient (Wildman–Crippen LogP) is 5.78. The normalized spacial score (nSPS) is 11.1. The van der Waals surface area contributed by atoms with Crippen LogP contribution in [0.25, 0.3) is 0 Å². The molecule has 1 aromatic heterocycles. The van der Waals surface area contributed by atoms with Gasteiger partial charge in [0.25, 0.3) is 0 Å². The molecule has 3 nitrogen and oxygen atoms in total. The molecule has 0 saturated heterocycles. The Labute approximate surface area is 150 Å². The lowest BCUT2D eigenvalue weighted by atomic mass is 10.2. The highest BCUT2D eigenvalue weighted by Gasteiger charge is 2.01. The van der Waals surface area contributed by atoms with E-state index in [-0.39, 0.29) is 0 Å². The lowest BCUT2D eigenvalue weighted by Gasteiger charge is -2.07. The fourth-order valence-electron chi connectivity index (χ4n) is 2.09. The number of nitrogens with zero attached hydrogens (tertiary/aromatic N) is 1. The quantitative estimate of drug-likeness (QED) is 0.522. The summed E-state index contributed by atoms with van der Waals surface area (Å²) in [7, 11) is 0. The molecule has 0 bridgehead atoms. The Kier molecular flexibility index (Phi) is 5.57. The second kappa shape index (κ2) is 8.04. The summed E-state index contributed by atoms with van der Waals surface area (Å²) in [5.41, 5.74) is 1.97. The van der Waals surface area contributed by atoms with Crippen LogP contribution in [0.5, 0.6) is 5.75 Å². The zero-order valence-corrected chi connectivity index (χ0v) is 14.3. The number of hydrogen-bond donors (Lipinski definition) is 0. The third-order valence-electron chi connectivity index (χ3n) is 3.34. The van der Waals surface area contributed by atoms with Crippen LogP contribution >= 0.6 is 23.2 Å². The van der Waals surface area contributed by atoms with Crippen LogP contribution in [0.2, 0.25) is 10.0 Å². The third kappa shape index (κ3) is 4.63. The van der Waals surface area contributed by atoms with Gasteiger partial charge >= 0.3 is 0 Å². The molecule has 3 rings (SSSR count). The highest BCUT2D eigenvalue weighted by Crippen LogP contribution is 2.23. The minimum absolute atomic E-state index is 0.433. The summed E-state index contributed by atoms with van der Waals surface area (Å²) in [4.78, 5) is 4.34. The Morgan fingerprint density at radius 3 is 2.54 bits per heavy atom. The Morgan fingerprint density at radius 1 is 1.00 bits per heavy atom. The molecular formula is C19H15Cl2NO2. The summed E-state index contributed by atoms with van der Waals surface area (Å²) in [5.74, 6) is 1.62. The number of benzene rings is 2. The molecule has 0 spiro atoms. The van der Waals surface area contributed by atoms with Gasteiger partial charge in [0, 0.05) is 6.21 Å². The van der Waals surface area contributed by atoms with E-state index in [2.05, 4.69) is 4.99 Å². The molecule has 0 amide bonds. The summed E-state index contributed by atoms with van der Waals surface area (Å²) in [5, 5.41) is 1.07. The number of aliphatic imine (C=N–C) groups is 1. The molecule has 0 unspecified atom stereocenters. The van der Waals surface area contributed by atoms with E-state index in [1.54, 1.807) is 18.4 Å². The van der Waals surface area contributed by atoms with Crippen molar-refractivity contribution in [2.24, 2.45) is 4.99 Å². The molecular weight excluding hydrogens is 345 g/mol. The highest BCUT2D eigenvalue weighted by molar-refractivity contribution is 6.42. The van der Waals surface area contributed by atoms with E-state index in [0.29, 0.717) is 23.2 Å². The van der Waals surface area contributed by atoms with Gasteiger partial charge in [-0.3, -0.25) is 4.99 Å². The largest absolute Gasteiger partial charge is 0.489 e. The van der Waals surface area contributed by atoms with Crippen molar-refractivity contribution in [3.05, 3.63) is 87.8 Å². The van der Waals surface area contributed by atoms with Crippen molar-refractivity contribution in [1.82, 2.24) is 0 Å². The zero-order chi connectivity index (χ0) is 16.8. The Balaban J connectivity index is 1.54. The second-order valence-electron chi connectivity index (χ2n) is 5.16. The smallest absolute Gasteiger partial charge is 0.125 e. The average molecular weight is 360 g/mol. The molecule has 0 radical (unpaired) electrons. The Bertz CT molecular complexity index is 812. The first-order valence-corrected chi connectivity index (χ1v) is 8.15. The molecule has 0 aliphatic carbocycles. The fraction of sp³-hybridized carbons (Fsp3) is 0.105. The van der Waals surface area contributed by atoms with Gasteiger partial charge in [0.2, 0.25) is 0 Å². The molecule has 1 heterocycles. The number of ether oxygens (including phenoxy) is 1. The van der Waals surface area contributed by atoms with Crippen molar-refractivity contribution in [2.75, 3.05) is 0 Å². The van der Waals surface area contributed by atoms with E-state index in [0.717, 1.165) is 22.6 Å². The lowest BCUT2D eigenvalue weighted by Crippen LogP contribution is -1.95. The maximum absolute atomic E-state index is 5.99. The van der Waals surface area contributed by atoms with Gasteiger partial charge in [-0.05, 0) is 59.7 Å². The third-order valence-corrected chi connectivity index (χ3v) is 4.08. The monoisotopic (exact) mass is 359 g/mol. The number of hydrogen-bond acceptors (Lipinski definition) is 3. The summed E-state index contributed by atoms with van der Waals surface area (Å²) in [6.07, 6.45) is 3.45. The maximum atomic E-state index is 5.99. The Hall–Kier alpha value is -2.23. The molecule has 0 saturated carbocycles. The number of rotatable bonds is 6. The molecule has 3 aromatic rings. The van der Waals surface area contributed by atoms with Crippen LogP contribution in [-0.2, 0) is 13.2 Å². The number of furan rings is 1. The summed E-state index contributed by atoms with van der Waals surface area (Å²) in [6, 6.07) is 16.9. The molecule has 2 aromatic carbocycles. The molecule has 0 aliphatic rings. The zero-order valence-electron chi connectivity index (χ0n) is 12.8. The van der Waals surface area contributed by atoms with Crippen LogP contribution in [-0.4, -0.2) is 6.21 Å². The highest BCUT2D eigenvalue weighted by atomic mass is 35.5. The molecule has 5 heteroatoms. The molecule has 24 heavy (non-hydrogen) atoms. The molecule has 0 atom stereocenters. The first-order valence-electron chi connectivity index (χ1n) is 7.40. The standard InChI is InChI=1S/C19H15Cl2NO2/c20-18-8-5-15(10-19(18)21)13-24-16-6-3-14(4-7-16)11-22-12-17-2-1-9-23-17/h1-11H,12-13H2. The van der Waals surface area contributed by atoms with Gasteiger partial charge in [-0.2, -0.15) is 0 Å². The van der Waals surface area contributed by atoms with Gasteiger partial charge < -0.3 is 9.15 Å². The van der Waals surface area contributed by atoms with Crippen LogP contribution in [0.4, 0.5) is 0 Å². The van der Waals surface area contributed by atoms with Crippen LogP contribution in [0.1, 0.15) is 16.9 Å². The van der Waals surface area contributed by atoms with Crippen LogP contribution in [0.3, 0.4) is 0 Å². The maximum Gasteiger partial charge on any atom is 0.125 e. The van der Waals surface area contributed by atoms with Crippen molar-refractivity contribution in [1.29, 1.82) is 0 Å². The minimum Gasteiger partial charge on any atom is -0.489 e. The first kappa shape index (κ1) is 16.6. The van der Waals surface area contributed by atoms with E-state index in [4.69, 9.17) is 32.4 Å². The average Bonchev–Trinajstić information content (AvgIpc) is 3.10. The van der Waals surface area contributed by atoms with E-state index in [9.17, 15) is 0 Å².